The van der Waals surface area contributed by atoms with Crippen molar-refractivity contribution in [3.05, 3.63) is 42.0 Å². The van der Waals surface area contributed by atoms with Gasteiger partial charge in [-0.2, -0.15) is 0 Å². The van der Waals surface area contributed by atoms with Crippen LogP contribution in [-0.2, 0) is 4.74 Å². The highest BCUT2D eigenvalue weighted by Crippen LogP contribution is 2.25. The van der Waals surface area contributed by atoms with Gasteiger partial charge in [0.2, 0.25) is 0 Å². The van der Waals surface area contributed by atoms with Gasteiger partial charge in [0.25, 0.3) is 0 Å². The third-order valence-electron chi connectivity index (χ3n) is 2.40. The molecule has 2 rings (SSSR count). The summed E-state index contributed by atoms with van der Waals surface area (Å²) in [4.78, 5) is 0. The van der Waals surface area contributed by atoms with Gasteiger partial charge >= 0.3 is 0 Å². The molecule has 74 valence electrons. The summed E-state index contributed by atoms with van der Waals surface area (Å²) < 4.78 is 10.7. The van der Waals surface area contributed by atoms with Gasteiger partial charge < -0.3 is 9.47 Å². The quantitative estimate of drug-likeness (QED) is 0.667. The van der Waals surface area contributed by atoms with Gasteiger partial charge in [-0.1, -0.05) is 24.3 Å². The van der Waals surface area contributed by atoms with Crippen LogP contribution in [0.1, 0.15) is 18.1 Å². The van der Waals surface area contributed by atoms with Crippen molar-refractivity contribution in [3.63, 3.8) is 0 Å². The minimum Gasteiger partial charge on any atom is -0.497 e. The summed E-state index contributed by atoms with van der Waals surface area (Å²) in [6, 6.07) is 8.05. The Morgan fingerprint density at radius 2 is 2.00 bits per heavy atom. The second-order valence-electron chi connectivity index (χ2n) is 3.30. The topological polar surface area (TPSA) is 18.5 Å². The number of hydrogen-bond donors (Lipinski definition) is 0. The number of rotatable bonds is 2. The Hall–Kier alpha value is -1.28. The van der Waals surface area contributed by atoms with Crippen LogP contribution in [0.2, 0.25) is 0 Å². The molecule has 0 saturated carbocycles. The van der Waals surface area contributed by atoms with Crippen molar-refractivity contribution < 1.29 is 9.47 Å². The summed E-state index contributed by atoms with van der Waals surface area (Å²) in [6.07, 6.45) is 5.40. The van der Waals surface area contributed by atoms with E-state index in [4.69, 9.17) is 9.47 Å². The first kappa shape index (κ1) is 9.28. The van der Waals surface area contributed by atoms with Gasteiger partial charge in [0.1, 0.15) is 5.75 Å². The molecule has 0 amide bonds. The molecule has 2 heteroatoms. The molecule has 0 aromatic heterocycles. The molecule has 0 N–H and O–H groups in total. The third-order valence-corrected chi connectivity index (χ3v) is 2.40. The standard InChI is InChI=1S/C12H14O2/c1-13-11-7-5-10(6-8-11)12-4-2-3-9-14-12/h2-3,5-8,12H,4,9H2,1H3/t12-/m1/s1. The summed E-state index contributed by atoms with van der Waals surface area (Å²) in [5.74, 6) is 0.889. The predicted octanol–water partition coefficient (Wildman–Crippen LogP) is 2.71. The molecule has 0 bridgehead atoms. The largest absolute Gasteiger partial charge is 0.497 e. The fraction of sp³-hybridized carbons (Fsp3) is 0.333. The van der Waals surface area contributed by atoms with Gasteiger partial charge in [0, 0.05) is 0 Å². The van der Waals surface area contributed by atoms with Crippen molar-refractivity contribution in [2.24, 2.45) is 0 Å². The molecule has 0 radical (unpaired) electrons. The molecule has 0 fully saturated rings. The average molecular weight is 190 g/mol. The van der Waals surface area contributed by atoms with E-state index < -0.39 is 0 Å². The highest BCUT2D eigenvalue weighted by molar-refractivity contribution is 5.29. The Labute approximate surface area is 84.2 Å². The Balaban J connectivity index is 2.12. The first-order valence-electron chi connectivity index (χ1n) is 4.80. The van der Waals surface area contributed by atoms with Crippen LogP contribution in [0, 0.1) is 0 Å². The van der Waals surface area contributed by atoms with Crippen LogP contribution < -0.4 is 4.74 Å². The summed E-state index contributed by atoms with van der Waals surface area (Å²) >= 11 is 0. The van der Waals surface area contributed by atoms with Crippen LogP contribution in [0.25, 0.3) is 0 Å². The molecule has 1 aliphatic rings. The van der Waals surface area contributed by atoms with E-state index in [1.54, 1.807) is 7.11 Å². The van der Waals surface area contributed by atoms with E-state index >= 15 is 0 Å². The van der Waals surface area contributed by atoms with Crippen molar-refractivity contribution in [2.75, 3.05) is 13.7 Å². The Kier molecular flexibility index (Phi) is 2.84. The van der Waals surface area contributed by atoms with Crippen LogP contribution in [0.5, 0.6) is 5.75 Å². The zero-order chi connectivity index (χ0) is 9.80. The maximum Gasteiger partial charge on any atom is 0.118 e. The van der Waals surface area contributed by atoms with Gasteiger partial charge in [0.05, 0.1) is 19.8 Å². The van der Waals surface area contributed by atoms with Gasteiger partial charge in [-0.3, -0.25) is 0 Å². The van der Waals surface area contributed by atoms with E-state index in [2.05, 4.69) is 24.3 Å². The highest BCUT2D eigenvalue weighted by Gasteiger charge is 2.12. The molecule has 1 aromatic carbocycles. The lowest BCUT2D eigenvalue weighted by Crippen LogP contribution is -2.07. The average Bonchev–Trinajstić information content (AvgIpc) is 2.30. The Bertz CT molecular complexity index is 314. The van der Waals surface area contributed by atoms with E-state index in [9.17, 15) is 0 Å². The zero-order valence-electron chi connectivity index (χ0n) is 8.27. The third kappa shape index (κ3) is 1.96. The second kappa shape index (κ2) is 4.29. The zero-order valence-corrected chi connectivity index (χ0v) is 8.27. The highest BCUT2D eigenvalue weighted by atomic mass is 16.5. The fourth-order valence-corrected chi connectivity index (χ4v) is 1.58. The molecule has 1 aliphatic heterocycles. The number of ether oxygens (including phenoxy) is 2. The smallest absolute Gasteiger partial charge is 0.118 e. The monoisotopic (exact) mass is 190 g/mol. The molecular weight excluding hydrogens is 176 g/mol. The fourth-order valence-electron chi connectivity index (χ4n) is 1.58. The molecule has 1 heterocycles. The molecule has 14 heavy (non-hydrogen) atoms. The van der Waals surface area contributed by atoms with Crippen molar-refractivity contribution >= 4 is 0 Å². The minimum absolute atomic E-state index is 0.214. The van der Waals surface area contributed by atoms with Crippen LogP contribution in [-0.4, -0.2) is 13.7 Å². The van der Waals surface area contributed by atoms with Gasteiger partial charge in [-0.25, -0.2) is 0 Å². The van der Waals surface area contributed by atoms with E-state index in [1.807, 2.05) is 12.1 Å². The van der Waals surface area contributed by atoms with E-state index in [1.165, 1.54) is 5.56 Å². The van der Waals surface area contributed by atoms with Gasteiger partial charge in [-0.05, 0) is 24.1 Å². The van der Waals surface area contributed by atoms with Crippen LogP contribution in [0.3, 0.4) is 0 Å². The molecule has 0 saturated heterocycles. The number of methoxy groups -OCH3 is 1. The van der Waals surface area contributed by atoms with Crippen LogP contribution >= 0.6 is 0 Å². The van der Waals surface area contributed by atoms with Crippen molar-refractivity contribution in [2.45, 2.75) is 12.5 Å². The lowest BCUT2D eigenvalue weighted by atomic mass is 10.0. The molecule has 1 atom stereocenters. The maximum atomic E-state index is 5.61. The second-order valence-corrected chi connectivity index (χ2v) is 3.30. The van der Waals surface area contributed by atoms with E-state index in [0.29, 0.717) is 0 Å². The maximum absolute atomic E-state index is 5.61. The molecule has 2 nitrogen and oxygen atoms in total. The summed E-state index contributed by atoms with van der Waals surface area (Å²) in [5.41, 5.74) is 1.22. The van der Waals surface area contributed by atoms with Gasteiger partial charge in [-0.15, -0.1) is 0 Å². The summed E-state index contributed by atoms with van der Waals surface area (Å²) in [6.45, 7) is 0.719. The molecule has 1 aromatic rings. The number of hydrogen-bond acceptors (Lipinski definition) is 2. The Morgan fingerprint density at radius 1 is 1.21 bits per heavy atom. The first-order valence-corrected chi connectivity index (χ1v) is 4.80. The van der Waals surface area contributed by atoms with Crippen LogP contribution in [0.4, 0.5) is 0 Å². The van der Waals surface area contributed by atoms with E-state index in [0.717, 1.165) is 18.8 Å². The normalized spacial score (nSPS) is 20.8. The Morgan fingerprint density at radius 3 is 2.57 bits per heavy atom. The molecular formula is C12H14O2. The van der Waals surface area contributed by atoms with Crippen molar-refractivity contribution in [3.8, 4) is 5.75 Å². The molecule has 0 spiro atoms. The molecule has 0 aliphatic carbocycles. The predicted molar refractivity (Wildman–Crippen MR) is 55.4 cm³/mol. The lowest BCUT2D eigenvalue weighted by molar-refractivity contribution is 0.0677. The summed E-state index contributed by atoms with van der Waals surface area (Å²) in [7, 11) is 1.68. The van der Waals surface area contributed by atoms with E-state index in [-0.39, 0.29) is 6.10 Å². The van der Waals surface area contributed by atoms with Crippen molar-refractivity contribution in [1.29, 1.82) is 0 Å². The van der Waals surface area contributed by atoms with Crippen molar-refractivity contribution in [1.82, 2.24) is 0 Å². The minimum atomic E-state index is 0.214. The number of benzene rings is 1. The first-order chi connectivity index (χ1) is 6.90. The molecule has 0 unspecified atom stereocenters. The lowest BCUT2D eigenvalue weighted by Gasteiger charge is -2.19. The summed E-state index contributed by atoms with van der Waals surface area (Å²) in [5, 5.41) is 0. The SMILES string of the molecule is COc1ccc([C@H]2CC=CCO2)cc1. The van der Waals surface area contributed by atoms with Crippen LogP contribution in [0.15, 0.2) is 36.4 Å². The van der Waals surface area contributed by atoms with Gasteiger partial charge in [0.15, 0.2) is 0 Å².